The summed E-state index contributed by atoms with van der Waals surface area (Å²) in [6.45, 7) is 5.30. The fourth-order valence-corrected chi connectivity index (χ4v) is 3.52. The topological polar surface area (TPSA) is 81.7 Å². The van der Waals surface area contributed by atoms with E-state index in [-0.39, 0.29) is 18.0 Å². The third-order valence-corrected chi connectivity index (χ3v) is 5.58. The maximum atomic E-state index is 13.3. The van der Waals surface area contributed by atoms with E-state index in [0.29, 0.717) is 17.2 Å². The summed E-state index contributed by atoms with van der Waals surface area (Å²) in [4.78, 5) is 26.7. The van der Waals surface area contributed by atoms with Gasteiger partial charge in [0.05, 0.1) is 6.10 Å². The number of rotatable bonds is 5. The van der Waals surface area contributed by atoms with Crippen molar-refractivity contribution >= 4 is 17.6 Å². The van der Waals surface area contributed by atoms with Crippen molar-refractivity contribution in [2.24, 2.45) is 5.92 Å². The molecule has 31 heavy (non-hydrogen) atoms. The molecule has 2 aromatic carbocycles. The van der Waals surface area contributed by atoms with Crippen molar-refractivity contribution in [3.63, 3.8) is 0 Å². The number of nitrogens with zero attached hydrogens (tertiary/aromatic N) is 1. The Morgan fingerprint density at radius 2 is 1.84 bits per heavy atom. The summed E-state index contributed by atoms with van der Waals surface area (Å²) in [5.41, 5.74) is 1.99. The molecule has 1 unspecified atom stereocenters. The van der Waals surface area contributed by atoms with Crippen molar-refractivity contribution in [1.29, 1.82) is 0 Å². The van der Waals surface area contributed by atoms with Gasteiger partial charge in [-0.25, -0.2) is 13.6 Å². The van der Waals surface area contributed by atoms with E-state index in [2.05, 4.69) is 17.6 Å². The molecule has 0 bridgehead atoms. The molecule has 6 nitrogen and oxygen atoms in total. The van der Waals surface area contributed by atoms with E-state index in [0.717, 1.165) is 43.6 Å². The molecule has 2 aromatic rings. The molecule has 1 aliphatic heterocycles. The number of hydrogen-bond acceptors (Lipinski definition) is 3. The maximum Gasteiger partial charge on any atom is 0.319 e. The molecule has 1 aliphatic rings. The second kappa shape index (κ2) is 9.87. The lowest BCUT2D eigenvalue weighted by Gasteiger charge is -2.30. The number of nitrogens with one attached hydrogen (secondary N) is 2. The van der Waals surface area contributed by atoms with E-state index in [1.54, 1.807) is 25.1 Å². The fraction of sp³-hybridized carbons (Fsp3) is 0.391. The third kappa shape index (κ3) is 5.79. The molecule has 0 aromatic heterocycles. The van der Waals surface area contributed by atoms with Crippen LogP contribution >= 0.6 is 0 Å². The second-order valence-corrected chi connectivity index (χ2v) is 8.03. The van der Waals surface area contributed by atoms with Gasteiger partial charge in [-0.3, -0.25) is 4.79 Å². The Labute approximate surface area is 180 Å². The highest BCUT2D eigenvalue weighted by Crippen LogP contribution is 2.21. The van der Waals surface area contributed by atoms with Crippen molar-refractivity contribution in [2.45, 2.75) is 32.8 Å². The van der Waals surface area contributed by atoms with Crippen LogP contribution in [0.4, 0.5) is 19.3 Å². The molecular formula is C23H27F2N3O3. The first-order valence-electron chi connectivity index (χ1n) is 10.3. The summed E-state index contributed by atoms with van der Waals surface area (Å²) in [6.07, 6.45) is 0.816. The molecule has 0 aliphatic carbocycles. The number of piperidine rings is 1. The van der Waals surface area contributed by atoms with Crippen LogP contribution in [-0.2, 0) is 0 Å². The Kier molecular flexibility index (Phi) is 7.22. The molecule has 1 atom stereocenters. The van der Waals surface area contributed by atoms with E-state index in [1.807, 2.05) is 4.90 Å². The van der Waals surface area contributed by atoms with Crippen molar-refractivity contribution in [3.8, 4) is 0 Å². The number of carbonyl (C=O) groups is 2. The van der Waals surface area contributed by atoms with Crippen LogP contribution in [0.25, 0.3) is 0 Å². The van der Waals surface area contributed by atoms with Gasteiger partial charge >= 0.3 is 6.03 Å². The van der Waals surface area contributed by atoms with Gasteiger partial charge in [0.15, 0.2) is 11.6 Å². The van der Waals surface area contributed by atoms with E-state index < -0.39 is 23.8 Å². The number of carbonyl (C=O) groups excluding carboxylic acids is 2. The number of halogens is 2. The Balaban J connectivity index is 1.55. The number of amides is 3. The van der Waals surface area contributed by atoms with Gasteiger partial charge in [-0.05, 0) is 67.1 Å². The molecule has 1 fully saturated rings. The van der Waals surface area contributed by atoms with Crippen molar-refractivity contribution < 1.29 is 23.5 Å². The smallest absolute Gasteiger partial charge is 0.319 e. The van der Waals surface area contributed by atoms with Crippen LogP contribution in [0.2, 0.25) is 0 Å². The lowest BCUT2D eigenvalue weighted by molar-refractivity contribution is 0.0697. The maximum absolute atomic E-state index is 13.3. The normalized spacial score (nSPS) is 15.5. The molecule has 3 N–H and O–H groups in total. The minimum atomic E-state index is -1.19. The monoisotopic (exact) mass is 431 g/mol. The van der Waals surface area contributed by atoms with Crippen molar-refractivity contribution in [1.82, 2.24) is 10.2 Å². The van der Waals surface area contributed by atoms with Crippen LogP contribution < -0.4 is 10.6 Å². The predicted molar refractivity (Wildman–Crippen MR) is 114 cm³/mol. The lowest BCUT2D eigenvalue weighted by atomic mass is 9.98. The van der Waals surface area contributed by atoms with Crippen LogP contribution in [0.5, 0.6) is 0 Å². The fourth-order valence-electron chi connectivity index (χ4n) is 3.52. The zero-order valence-electron chi connectivity index (χ0n) is 17.6. The van der Waals surface area contributed by atoms with Crippen LogP contribution in [0.1, 0.15) is 47.4 Å². The van der Waals surface area contributed by atoms with Gasteiger partial charge in [-0.15, -0.1) is 0 Å². The number of anilines is 1. The molecule has 8 heteroatoms. The van der Waals surface area contributed by atoms with E-state index in [1.165, 1.54) is 6.07 Å². The molecule has 0 spiro atoms. The summed E-state index contributed by atoms with van der Waals surface area (Å²) in [7, 11) is 0. The van der Waals surface area contributed by atoms with Crippen molar-refractivity contribution in [3.05, 3.63) is 64.7 Å². The van der Waals surface area contributed by atoms with Crippen molar-refractivity contribution in [2.75, 3.05) is 25.0 Å². The minimum absolute atomic E-state index is 0.0133. The van der Waals surface area contributed by atoms with Crippen LogP contribution in [0.3, 0.4) is 0 Å². The zero-order valence-corrected chi connectivity index (χ0v) is 17.6. The number of benzene rings is 2. The summed E-state index contributed by atoms with van der Waals surface area (Å²) in [5, 5.41) is 15.2. The number of likely N-dealkylation sites (tertiary alicyclic amines) is 1. The highest BCUT2D eigenvalue weighted by Gasteiger charge is 2.22. The van der Waals surface area contributed by atoms with Gasteiger partial charge in [0.25, 0.3) is 5.91 Å². The average Bonchev–Trinajstić information content (AvgIpc) is 2.75. The summed E-state index contributed by atoms with van der Waals surface area (Å²) in [5.74, 6) is -1.45. The number of urea groups is 1. The SMILES string of the molecule is Cc1cc(C(=O)N2CCC(C)CC2)ccc1NC(=O)NCC(O)c1ccc(F)c(F)c1. The minimum Gasteiger partial charge on any atom is -0.387 e. The molecule has 166 valence electrons. The Morgan fingerprint density at radius 1 is 1.13 bits per heavy atom. The standard InChI is InChI=1S/C23H27F2N3O3/c1-14-7-9-28(10-8-14)22(30)17-4-6-20(15(2)11-17)27-23(31)26-13-21(29)16-3-5-18(24)19(25)12-16/h3-6,11-12,14,21,29H,7-10,13H2,1-2H3,(H2,26,27,31). The van der Waals surface area contributed by atoms with Gasteiger partial charge < -0.3 is 20.6 Å². The first kappa shape index (κ1) is 22.7. The highest BCUT2D eigenvalue weighted by atomic mass is 19.2. The number of aliphatic hydroxyl groups is 1. The molecule has 0 saturated carbocycles. The van der Waals surface area contributed by atoms with Crippen LogP contribution in [0, 0.1) is 24.5 Å². The average molecular weight is 431 g/mol. The number of aryl methyl sites for hydroxylation is 1. The van der Waals surface area contributed by atoms with Crippen LogP contribution in [-0.4, -0.2) is 41.6 Å². The highest BCUT2D eigenvalue weighted by molar-refractivity contribution is 5.96. The first-order valence-corrected chi connectivity index (χ1v) is 10.3. The summed E-state index contributed by atoms with van der Waals surface area (Å²) >= 11 is 0. The van der Waals surface area contributed by atoms with E-state index in [4.69, 9.17) is 0 Å². The second-order valence-electron chi connectivity index (χ2n) is 8.03. The largest absolute Gasteiger partial charge is 0.387 e. The molecule has 1 heterocycles. The quantitative estimate of drug-likeness (QED) is 0.669. The number of aliphatic hydroxyl groups excluding tert-OH is 1. The van der Waals surface area contributed by atoms with E-state index >= 15 is 0 Å². The molecular weight excluding hydrogens is 404 g/mol. The summed E-state index contributed by atoms with van der Waals surface area (Å²) in [6, 6.07) is 7.60. The Bertz CT molecular complexity index is 959. The molecule has 1 saturated heterocycles. The van der Waals surface area contributed by atoms with Gasteiger partial charge in [0.1, 0.15) is 0 Å². The van der Waals surface area contributed by atoms with E-state index in [9.17, 15) is 23.5 Å². The summed E-state index contributed by atoms with van der Waals surface area (Å²) < 4.78 is 26.3. The van der Waals surface area contributed by atoms with Gasteiger partial charge in [-0.2, -0.15) is 0 Å². The predicted octanol–water partition coefficient (Wildman–Crippen LogP) is 4.00. The third-order valence-electron chi connectivity index (χ3n) is 5.58. The van der Waals surface area contributed by atoms with Gasteiger partial charge in [0.2, 0.25) is 0 Å². The zero-order chi connectivity index (χ0) is 22.5. The number of hydrogen-bond donors (Lipinski definition) is 3. The van der Waals surface area contributed by atoms with Crippen LogP contribution in [0.15, 0.2) is 36.4 Å². The lowest BCUT2D eigenvalue weighted by Crippen LogP contribution is -2.38. The van der Waals surface area contributed by atoms with Gasteiger partial charge in [0, 0.05) is 30.9 Å². The van der Waals surface area contributed by atoms with Gasteiger partial charge in [-0.1, -0.05) is 13.0 Å². The Hall–Kier alpha value is -3.00. The molecule has 3 amide bonds. The first-order chi connectivity index (χ1) is 14.7. The molecule has 0 radical (unpaired) electrons. The molecule has 3 rings (SSSR count). The Morgan fingerprint density at radius 3 is 2.48 bits per heavy atom.